The lowest BCUT2D eigenvalue weighted by Crippen LogP contribution is -2.49. The van der Waals surface area contributed by atoms with Crippen LogP contribution in [0.5, 0.6) is 0 Å². The second-order valence-electron chi connectivity index (χ2n) is 9.22. The van der Waals surface area contributed by atoms with Crippen molar-refractivity contribution in [3.05, 3.63) is 22.3 Å². The lowest BCUT2D eigenvalue weighted by molar-refractivity contribution is -0.131. The Kier molecular flexibility index (Phi) is 3.13. The summed E-state index contributed by atoms with van der Waals surface area (Å²) in [5, 5.41) is 3.63. The minimum atomic E-state index is -0.000501. The van der Waals surface area contributed by atoms with Crippen molar-refractivity contribution in [2.75, 3.05) is 0 Å². The Bertz CT molecular complexity index is 732. The highest BCUT2D eigenvalue weighted by Gasteiger charge is 2.58. The first kappa shape index (κ1) is 15.4. The van der Waals surface area contributed by atoms with Gasteiger partial charge in [-0.25, -0.2) is 0 Å². The highest BCUT2D eigenvalue weighted by Crippen LogP contribution is 2.65. The predicted octanol–water partition coefficient (Wildman–Crippen LogP) is 4.56. The highest BCUT2D eigenvalue weighted by molar-refractivity contribution is 8.02. The molecule has 0 bridgehead atoms. The van der Waals surface area contributed by atoms with Crippen molar-refractivity contribution in [2.24, 2.45) is 28.6 Å². The molecule has 0 amide bonds. The normalized spacial score (nSPS) is 46.8. The van der Waals surface area contributed by atoms with E-state index in [1.165, 1.54) is 47.7 Å². The SMILES string of the molecule is CC1=[SH]C2=C(CC[C@@]3(C)C2=CC[C@@H]2[C@@H]3CC[C@]3(C)C(=O)CC[C@@H]23)N1. The molecule has 130 valence electrons. The molecule has 2 nitrogen and oxygen atoms in total. The fraction of sp³-hybridized carbons (Fsp3) is 0.714. The number of fused-ring (bicyclic) bond motifs is 6. The predicted molar refractivity (Wildman–Crippen MR) is 102 cm³/mol. The van der Waals surface area contributed by atoms with E-state index >= 15 is 0 Å². The summed E-state index contributed by atoms with van der Waals surface area (Å²) < 4.78 is 0. The Morgan fingerprint density at radius 2 is 1.92 bits per heavy atom. The van der Waals surface area contributed by atoms with Gasteiger partial charge in [-0.2, -0.15) is 0 Å². The number of allylic oxidation sites excluding steroid dienone is 3. The summed E-state index contributed by atoms with van der Waals surface area (Å²) in [4.78, 5) is 15.5. The average Bonchev–Trinajstić information content (AvgIpc) is 3.06. The van der Waals surface area contributed by atoms with Crippen molar-refractivity contribution in [3.63, 3.8) is 0 Å². The van der Waals surface area contributed by atoms with E-state index in [1.54, 1.807) is 10.5 Å². The fourth-order valence-electron chi connectivity index (χ4n) is 6.88. The van der Waals surface area contributed by atoms with Gasteiger partial charge in [-0.05, 0) is 74.2 Å². The molecule has 1 N–H and O–H groups in total. The molecule has 1 aliphatic heterocycles. The number of ketones is 1. The lowest BCUT2D eigenvalue weighted by Gasteiger charge is -2.56. The van der Waals surface area contributed by atoms with Gasteiger partial charge in [0.1, 0.15) is 5.78 Å². The molecule has 4 aliphatic carbocycles. The van der Waals surface area contributed by atoms with E-state index in [2.05, 4.69) is 32.2 Å². The molecule has 0 aromatic heterocycles. The molecule has 5 atom stereocenters. The second kappa shape index (κ2) is 4.87. The van der Waals surface area contributed by atoms with E-state index in [-0.39, 0.29) is 5.41 Å². The van der Waals surface area contributed by atoms with Crippen LogP contribution in [0.15, 0.2) is 22.3 Å². The summed E-state index contributed by atoms with van der Waals surface area (Å²) in [5.74, 6) is 2.72. The van der Waals surface area contributed by atoms with Crippen molar-refractivity contribution in [1.29, 1.82) is 0 Å². The van der Waals surface area contributed by atoms with Crippen LogP contribution in [0, 0.1) is 28.6 Å². The Morgan fingerprint density at radius 1 is 1.12 bits per heavy atom. The van der Waals surface area contributed by atoms with Crippen molar-refractivity contribution in [2.45, 2.75) is 65.7 Å². The van der Waals surface area contributed by atoms with E-state index < -0.39 is 0 Å². The largest absolute Gasteiger partial charge is 0.357 e. The number of carbonyl (C=O) groups is 1. The van der Waals surface area contributed by atoms with Crippen LogP contribution in [-0.2, 0) is 4.79 Å². The lowest BCUT2D eigenvalue weighted by atomic mass is 9.48. The number of hydrogen-bond donors (Lipinski definition) is 2. The number of thiol groups is 1. The van der Waals surface area contributed by atoms with E-state index in [1.807, 2.05) is 0 Å². The smallest absolute Gasteiger partial charge is 0.139 e. The maximum atomic E-state index is 12.5. The van der Waals surface area contributed by atoms with Gasteiger partial charge in [-0.15, -0.1) is 11.4 Å². The van der Waals surface area contributed by atoms with Gasteiger partial charge in [-0.3, -0.25) is 4.79 Å². The molecule has 0 radical (unpaired) electrons. The third-order valence-electron chi connectivity index (χ3n) is 8.22. The van der Waals surface area contributed by atoms with Crippen LogP contribution in [-0.4, -0.2) is 10.8 Å². The van der Waals surface area contributed by atoms with Crippen molar-refractivity contribution < 1.29 is 4.79 Å². The molecule has 0 unspecified atom stereocenters. The Labute approximate surface area is 149 Å². The third kappa shape index (κ3) is 1.80. The summed E-state index contributed by atoms with van der Waals surface area (Å²) in [7, 11) is 0. The van der Waals surface area contributed by atoms with Crippen LogP contribution in [0.25, 0.3) is 0 Å². The van der Waals surface area contributed by atoms with Crippen LogP contribution >= 0.6 is 11.4 Å². The number of carbonyl (C=O) groups excluding carboxylic acids is 1. The molecule has 0 aromatic rings. The van der Waals surface area contributed by atoms with Gasteiger partial charge in [0.25, 0.3) is 0 Å². The zero-order valence-electron chi connectivity index (χ0n) is 15.1. The highest BCUT2D eigenvalue weighted by atomic mass is 32.1. The van der Waals surface area contributed by atoms with Gasteiger partial charge < -0.3 is 5.32 Å². The molecular formula is C21H29NOS. The summed E-state index contributed by atoms with van der Waals surface area (Å²) in [5.41, 5.74) is 3.49. The van der Waals surface area contributed by atoms with Crippen LogP contribution in [0.4, 0.5) is 0 Å². The van der Waals surface area contributed by atoms with E-state index in [9.17, 15) is 4.79 Å². The molecule has 2 saturated carbocycles. The minimum Gasteiger partial charge on any atom is -0.357 e. The minimum absolute atomic E-state index is 0.000501. The molecule has 0 aromatic carbocycles. The van der Waals surface area contributed by atoms with Crippen molar-refractivity contribution in [1.82, 2.24) is 5.32 Å². The van der Waals surface area contributed by atoms with Gasteiger partial charge in [0.15, 0.2) is 0 Å². The maximum Gasteiger partial charge on any atom is 0.139 e. The molecule has 5 aliphatic rings. The Morgan fingerprint density at radius 3 is 2.75 bits per heavy atom. The quantitative estimate of drug-likeness (QED) is 0.499. The van der Waals surface area contributed by atoms with Gasteiger partial charge in [0, 0.05) is 27.4 Å². The van der Waals surface area contributed by atoms with Crippen LogP contribution < -0.4 is 5.32 Å². The van der Waals surface area contributed by atoms with E-state index in [4.69, 9.17) is 0 Å². The maximum absolute atomic E-state index is 12.5. The molecule has 5 rings (SSSR count). The van der Waals surface area contributed by atoms with Gasteiger partial charge in [-0.1, -0.05) is 19.9 Å². The molecular weight excluding hydrogens is 314 g/mol. The van der Waals surface area contributed by atoms with Gasteiger partial charge in [0.2, 0.25) is 0 Å². The third-order valence-corrected chi connectivity index (χ3v) is 9.40. The first-order valence-corrected chi connectivity index (χ1v) is 10.6. The van der Waals surface area contributed by atoms with Crippen LogP contribution in [0.2, 0.25) is 0 Å². The summed E-state index contributed by atoms with van der Waals surface area (Å²) in [6, 6.07) is 0. The zero-order chi connectivity index (χ0) is 16.7. The number of rotatable bonds is 0. The topological polar surface area (TPSA) is 29.1 Å². The number of hydrogen-bond acceptors (Lipinski definition) is 2. The van der Waals surface area contributed by atoms with Gasteiger partial charge >= 0.3 is 0 Å². The first-order chi connectivity index (χ1) is 11.4. The molecule has 24 heavy (non-hydrogen) atoms. The van der Waals surface area contributed by atoms with E-state index in [0.29, 0.717) is 17.1 Å². The van der Waals surface area contributed by atoms with Crippen molar-refractivity contribution >= 4 is 22.1 Å². The Hall–Kier alpha value is -0.830. The molecule has 2 fully saturated rings. The molecule has 0 saturated heterocycles. The first-order valence-electron chi connectivity index (χ1n) is 9.73. The Balaban J connectivity index is 1.56. The molecule has 0 spiro atoms. The number of nitrogens with one attached hydrogen (secondary N) is 1. The molecule has 3 heteroatoms. The van der Waals surface area contributed by atoms with E-state index in [0.717, 1.165) is 31.1 Å². The van der Waals surface area contributed by atoms with Crippen molar-refractivity contribution in [3.8, 4) is 0 Å². The van der Waals surface area contributed by atoms with Crippen LogP contribution in [0.1, 0.15) is 65.7 Å². The average molecular weight is 344 g/mol. The standard InChI is InChI=1S/C21H29NOS/c1-12-22-17-9-11-20(2)15-8-10-21(3)14(6-7-18(21)23)13(15)4-5-16(20)19(17)24-12/h5,13-15,22,24H,4,6-11H2,1-3H3/t13-,14-,15-,20+,21-/m0/s1. The summed E-state index contributed by atoms with van der Waals surface area (Å²) in [6.07, 6.45) is 10.6. The molecule has 1 heterocycles. The van der Waals surface area contributed by atoms with Gasteiger partial charge in [0.05, 0.1) is 0 Å². The summed E-state index contributed by atoms with van der Waals surface area (Å²) >= 11 is 1.41. The zero-order valence-corrected chi connectivity index (χ0v) is 16.0. The second-order valence-corrected chi connectivity index (χ2v) is 10.6. The summed E-state index contributed by atoms with van der Waals surface area (Å²) in [6.45, 7) is 7.05. The fourth-order valence-corrected chi connectivity index (χ4v) is 8.18. The monoisotopic (exact) mass is 343 g/mol. The van der Waals surface area contributed by atoms with Crippen LogP contribution in [0.3, 0.4) is 0 Å². The number of Topliss-reactive ketones (excluding diaryl/α,β-unsaturated/α-hetero) is 1.